The van der Waals surface area contributed by atoms with E-state index in [0.29, 0.717) is 11.3 Å². The van der Waals surface area contributed by atoms with Crippen molar-refractivity contribution in [3.8, 4) is 0 Å². The highest BCUT2D eigenvalue weighted by molar-refractivity contribution is 9.10. The normalized spacial score (nSPS) is 25.2. The second kappa shape index (κ2) is 7.55. The van der Waals surface area contributed by atoms with Crippen LogP contribution in [0, 0.1) is 0 Å². The maximum absolute atomic E-state index is 12.7. The third-order valence-electron chi connectivity index (χ3n) is 3.67. The molecule has 3 unspecified atom stereocenters. The number of hydrogen-bond acceptors (Lipinski definition) is 2. The molecule has 106 valence electrons. The lowest BCUT2D eigenvalue weighted by Gasteiger charge is -2.29. The molecule has 1 saturated carbocycles. The Hall–Kier alpha value is -0.190. The van der Waals surface area contributed by atoms with Crippen molar-refractivity contribution in [1.82, 2.24) is 5.32 Å². The van der Waals surface area contributed by atoms with Gasteiger partial charge in [-0.2, -0.15) is 0 Å². The van der Waals surface area contributed by atoms with Gasteiger partial charge in [0.25, 0.3) is 0 Å². The standard InChI is InChI=1S/C15H22BrNOS/c1-2-10-17-12-6-5-7-13(11-12)19(18)15-9-4-3-8-14(15)16/h3-4,8-9,12-13,17H,2,5-7,10-11H2,1H3. The fourth-order valence-electron chi connectivity index (χ4n) is 2.66. The Kier molecular flexibility index (Phi) is 6.05. The third-order valence-corrected chi connectivity index (χ3v) is 6.44. The number of halogens is 1. The van der Waals surface area contributed by atoms with Crippen molar-refractivity contribution in [1.29, 1.82) is 0 Å². The van der Waals surface area contributed by atoms with E-state index in [4.69, 9.17) is 0 Å². The molecule has 19 heavy (non-hydrogen) atoms. The van der Waals surface area contributed by atoms with Gasteiger partial charge >= 0.3 is 0 Å². The van der Waals surface area contributed by atoms with Crippen LogP contribution in [0.25, 0.3) is 0 Å². The minimum absolute atomic E-state index is 0.293. The van der Waals surface area contributed by atoms with Crippen LogP contribution in [0.1, 0.15) is 39.0 Å². The largest absolute Gasteiger partial charge is 0.314 e. The van der Waals surface area contributed by atoms with E-state index in [9.17, 15) is 4.21 Å². The number of rotatable bonds is 5. The zero-order valence-electron chi connectivity index (χ0n) is 11.4. The Balaban J connectivity index is 2.01. The van der Waals surface area contributed by atoms with Crippen molar-refractivity contribution < 1.29 is 4.21 Å². The summed E-state index contributed by atoms with van der Waals surface area (Å²) < 4.78 is 13.7. The van der Waals surface area contributed by atoms with Gasteiger partial charge in [-0.1, -0.05) is 25.5 Å². The summed E-state index contributed by atoms with van der Waals surface area (Å²) in [4.78, 5) is 0.948. The minimum atomic E-state index is -0.895. The molecule has 2 nitrogen and oxygen atoms in total. The molecule has 0 radical (unpaired) electrons. The van der Waals surface area contributed by atoms with Crippen molar-refractivity contribution in [3.05, 3.63) is 28.7 Å². The predicted molar refractivity (Wildman–Crippen MR) is 84.9 cm³/mol. The molecule has 1 fully saturated rings. The van der Waals surface area contributed by atoms with E-state index in [0.717, 1.165) is 35.2 Å². The van der Waals surface area contributed by atoms with Gasteiger partial charge in [0, 0.05) is 15.8 Å². The fraction of sp³-hybridized carbons (Fsp3) is 0.600. The molecular weight excluding hydrogens is 322 g/mol. The average molecular weight is 344 g/mol. The number of nitrogens with one attached hydrogen (secondary N) is 1. The van der Waals surface area contributed by atoms with Crippen molar-refractivity contribution >= 4 is 26.7 Å². The van der Waals surface area contributed by atoms with Crippen molar-refractivity contribution in [2.24, 2.45) is 0 Å². The van der Waals surface area contributed by atoms with Crippen LogP contribution in [-0.2, 0) is 10.8 Å². The summed E-state index contributed by atoms with van der Waals surface area (Å²) in [5.74, 6) is 0. The van der Waals surface area contributed by atoms with E-state index in [1.54, 1.807) is 0 Å². The van der Waals surface area contributed by atoms with Crippen LogP contribution in [0.5, 0.6) is 0 Å². The van der Waals surface area contributed by atoms with Gasteiger partial charge in [0.15, 0.2) is 0 Å². The smallest absolute Gasteiger partial charge is 0.0572 e. The molecule has 1 aromatic rings. The summed E-state index contributed by atoms with van der Waals surface area (Å²) in [7, 11) is -0.895. The lowest BCUT2D eigenvalue weighted by molar-refractivity contribution is 0.377. The first-order valence-electron chi connectivity index (χ1n) is 7.11. The van der Waals surface area contributed by atoms with Gasteiger partial charge < -0.3 is 5.32 Å². The highest BCUT2D eigenvalue weighted by Gasteiger charge is 2.27. The molecule has 0 saturated heterocycles. The molecule has 4 heteroatoms. The van der Waals surface area contributed by atoms with Gasteiger partial charge in [0.2, 0.25) is 0 Å². The topological polar surface area (TPSA) is 29.1 Å². The molecule has 1 N–H and O–H groups in total. The first-order valence-corrected chi connectivity index (χ1v) is 9.11. The van der Waals surface area contributed by atoms with Gasteiger partial charge in [0.1, 0.15) is 0 Å². The Morgan fingerprint density at radius 1 is 1.37 bits per heavy atom. The fourth-order valence-corrected chi connectivity index (χ4v) is 5.04. The Morgan fingerprint density at radius 3 is 2.89 bits per heavy atom. The van der Waals surface area contributed by atoms with Crippen LogP contribution in [-0.4, -0.2) is 22.0 Å². The van der Waals surface area contributed by atoms with Crippen LogP contribution in [0.4, 0.5) is 0 Å². The van der Waals surface area contributed by atoms with E-state index in [-0.39, 0.29) is 0 Å². The van der Waals surface area contributed by atoms with Gasteiger partial charge in [-0.3, -0.25) is 4.21 Å². The molecule has 0 heterocycles. The lowest BCUT2D eigenvalue weighted by Crippen LogP contribution is -2.37. The summed E-state index contributed by atoms with van der Waals surface area (Å²) in [5, 5.41) is 3.87. The summed E-state index contributed by atoms with van der Waals surface area (Å²) in [6, 6.07) is 8.43. The molecule has 0 aromatic heterocycles. The van der Waals surface area contributed by atoms with Crippen LogP contribution in [0.15, 0.2) is 33.6 Å². The highest BCUT2D eigenvalue weighted by Crippen LogP contribution is 2.29. The van der Waals surface area contributed by atoms with Gasteiger partial charge in [0.05, 0.1) is 15.7 Å². The van der Waals surface area contributed by atoms with Crippen LogP contribution in [0.3, 0.4) is 0 Å². The van der Waals surface area contributed by atoms with Gasteiger partial charge in [-0.05, 0) is 60.3 Å². The van der Waals surface area contributed by atoms with E-state index in [2.05, 4.69) is 28.2 Å². The number of benzene rings is 1. The number of hydrogen-bond donors (Lipinski definition) is 1. The second-order valence-electron chi connectivity index (χ2n) is 5.17. The average Bonchev–Trinajstić information content (AvgIpc) is 2.45. The van der Waals surface area contributed by atoms with E-state index >= 15 is 0 Å². The molecule has 1 aromatic carbocycles. The van der Waals surface area contributed by atoms with Crippen LogP contribution < -0.4 is 5.32 Å². The van der Waals surface area contributed by atoms with Crippen molar-refractivity contribution in [3.63, 3.8) is 0 Å². The lowest BCUT2D eigenvalue weighted by atomic mass is 9.95. The molecule has 1 aliphatic rings. The second-order valence-corrected chi connectivity index (χ2v) is 7.72. The van der Waals surface area contributed by atoms with Crippen LogP contribution >= 0.6 is 15.9 Å². The van der Waals surface area contributed by atoms with E-state index < -0.39 is 10.8 Å². The summed E-state index contributed by atoms with van der Waals surface area (Å²) in [6.45, 7) is 3.26. The van der Waals surface area contributed by atoms with Crippen molar-refractivity contribution in [2.45, 2.75) is 55.2 Å². The first-order chi connectivity index (χ1) is 9.22. The van der Waals surface area contributed by atoms with Crippen LogP contribution in [0.2, 0.25) is 0 Å². The summed E-state index contributed by atoms with van der Waals surface area (Å²) in [5.41, 5.74) is 0. The Morgan fingerprint density at radius 2 is 2.16 bits per heavy atom. The monoisotopic (exact) mass is 343 g/mol. The predicted octanol–water partition coefficient (Wildman–Crippen LogP) is 3.87. The maximum Gasteiger partial charge on any atom is 0.0572 e. The van der Waals surface area contributed by atoms with Gasteiger partial charge in [-0.25, -0.2) is 0 Å². The zero-order chi connectivity index (χ0) is 13.7. The zero-order valence-corrected chi connectivity index (χ0v) is 13.8. The van der Waals surface area contributed by atoms with Crippen molar-refractivity contribution in [2.75, 3.05) is 6.54 Å². The van der Waals surface area contributed by atoms with E-state index in [1.165, 1.54) is 12.8 Å². The minimum Gasteiger partial charge on any atom is -0.314 e. The molecule has 1 aliphatic carbocycles. The third kappa shape index (κ3) is 4.14. The Bertz CT molecular complexity index is 438. The highest BCUT2D eigenvalue weighted by atomic mass is 79.9. The maximum atomic E-state index is 12.7. The van der Waals surface area contributed by atoms with Gasteiger partial charge in [-0.15, -0.1) is 0 Å². The quantitative estimate of drug-likeness (QED) is 0.879. The molecule has 0 spiro atoms. The molecular formula is C15H22BrNOS. The molecule has 3 atom stereocenters. The molecule has 0 amide bonds. The first kappa shape index (κ1) is 15.2. The molecule has 0 aliphatic heterocycles. The Labute approximate surface area is 127 Å². The SMILES string of the molecule is CCCNC1CCCC(S(=O)c2ccccc2Br)C1. The van der Waals surface area contributed by atoms with E-state index in [1.807, 2.05) is 24.3 Å². The summed E-state index contributed by atoms with van der Waals surface area (Å²) >= 11 is 3.51. The summed E-state index contributed by atoms with van der Waals surface area (Å²) in [6.07, 6.45) is 5.69. The molecule has 2 rings (SSSR count). The molecule has 0 bridgehead atoms.